The molecule has 4 heterocycles. The highest BCUT2D eigenvalue weighted by Gasteiger charge is 2.43. The van der Waals surface area contributed by atoms with Gasteiger partial charge in [-0.25, -0.2) is 22.7 Å². The maximum atomic E-state index is 12.6. The van der Waals surface area contributed by atoms with Gasteiger partial charge >= 0.3 is 0 Å². The topological polar surface area (TPSA) is 102 Å². The van der Waals surface area contributed by atoms with E-state index in [1.165, 1.54) is 18.4 Å². The van der Waals surface area contributed by atoms with Crippen LogP contribution in [0.1, 0.15) is 11.8 Å². The Kier molecular flexibility index (Phi) is 5.01. The van der Waals surface area contributed by atoms with Gasteiger partial charge in [-0.15, -0.1) is 22.7 Å². The summed E-state index contributed by atoms with van der Waals surface area (Å²) in [5.41, 5.74) is 7.60. The molecule has 4 aromatic rings. The fourth-order valence-electron chi connectivity index (χ4n) is 3.75. The van der Waals surface area contributed by atoms with E-state index in [4.69, 9.17) is 17.3 Å². The second kappa shape index (κ2) is 7.51. The Morgan fingerprint density at radius 3 is 2.50 bits per heavy atom. The van der Waals surface area contributed by atoms with Crippen LogP contribution in [0.25, 0.3) is 31.9 Å². The van der Waals surface area contributed by atoms with Gasteiger partial charge in [0.1, 0.15) is 10.5 Å². The molecule has 2 N–H and O–H groups in total. The number of benzene rings is 1. The van der Waals surface area contributed by atoms with Gasteiger partial charge in [-0.2, -0.15) is 0 Å². The lowest BCUT2D eigenvalue weighted by molar-refractivity contribution is 0.482. The minimum absolute atomic E-state index is 0.0524. The molecule has 1 atom stereocenters. The van der Waals surface area contributed by atoms with E-state index < -0.39 is 15.6 Å². The molecule has 0 amide bonds. The molecule has 1 aromatic carbocycles. The highest BCUT2D eigenvalue weighted by atomic mass is 35.5. The monoisotopic (exact) mass is 503 g/mol. The average molecular weight is 504 g/mol. The number of hydrogen-bond acceptors (Lipinski definition) is 8. The zero-order valence-electron chi connectivity index (χ0n) is 17.1. The summed E-state index contributed by atoms with van der Waals surface area (Å²) in [5, 5.41) is 4.19. The third kappa shape index (κ3) is 3.38. The SMILES string of the molecule is CN1C(N)=NC(C)(c2sc3c(-c4ccc(-c5nccs5)cc4)nccc3c2Cl)CS1(=O)=O. The molecule has 1 aliphatic heterocycles. The fourth-order valence-corrected chi connectivity index (χ4v) is 7.74. The largest absolute Gasteiger partial charge is 0.369 e. The summed E-state index contributed by atoms with van der Waals surface area (Å²) in [5.74, 6) is -0.266. The number of thiophene rings is 1. The number of hydrogen-bond donors (Lipinski definition) is 1. The smallest absolute Gasteiger partial charge is 0.239 e. The van der Waals surface area contributed by atoms with Crippen molar-refractivity contribution in [2.75, 3.05) is 12.8 Å². The van der Waals surface area contributed by atoms with Gasteiger partial charge in [-0.1, -0.05) is 35.9 Å². The van der Waals surface area contributed by atoms with Crippen molar-refractivity contribution in [1.82, 2.24) is 14.3 Å². The second-order valence-electron chi connectivity index (χ2n) is 7.66. The van der Waals surface area contributed by atoms with E-state index in [0.29, 0.717) is 9.90 Å². The minimum atomic E-state index is -3.60. The molecule has 32 heavy (non-hydrogen) atoms. The Morgan fingerprint density at radius 2 is 1.84 bits per heavy atom. The summed E-state index contributed by atoms with van der Waals surface area (Å²) < 4.78 is 27.2. The van der Waals surface area contributed by atoms with Gasteiger partial charge in [0.05, 0.1) is 26.0 Å². The molecular formula is C21H18ClN5O2S3. The number of pyridine rings is 1. The van der Waals surface area contributed by atoms with Crippen molar-refractivity contribution >= 4 is 60.3 Å². The molecule has 0 spiro atoms. The fraction of sp³-hybridized carbons (Fsp3) is 0.190. The molecule has 7 nitrogen and oxygen atoms in total. The average Bonchev–Trinajstić information content (AvgIpc) is 3.41. The molecule has 1 unspecified atom stereocenters. The third-order valence-corrected chi connectivity index (χ3v) is 10.2. The maximum Gasteiger partial charge on any atom is 0.239 e. The van der Waals surface area contributed by atoms with Crippen LogP contribution in [0.4, 0.5) is 0 Å². The predicted molar refractivity (Wildman–Crippen MR) is 132 cm³/mol. The van der Waals surface area contributed by atoms with Gasteiger partial charge in [0, 0.05) is 41.3 Å². The van der Waals surface area contributed by atoms with Crippen molar-refractivity contribution in [3.8, 4) is 21.8 Å². The standard InChI is InChI=1S/C21H18ClN5O2S3/c1-21(11-32(28,29)27(2)20(23)26-21)18-15(22)14-7-8-24-16(17(14)31-18)12-3-5-13(6-4-12)19-25-9-10-30-19/h3-10H,11H2,1-2H3,(H2,23,26). The number of sulfonamides is 1. The molecule has 5 rings (SSSR count). The molecule has 11 heteroatoms. The lowest BCUT2D eigenvalue weighted by atomic mass is 10.0. The van der Waals surface area contributed by atoms with Gasteiger partial charge in [-0.05, 0) is 13.0 Å². The molecule has 164 valence electrons. The number of aromatic nitrogens is 2. The van der Waals surface area contributed by atoms with Crippen LogP contribution < -0.4 is 5.73 Å². The number of rotatable bonds is 3. The van der Waals surface area contributed by atoms with Crippen LogP contribution in [0.5, 0.6) is 0 Å². The highest BCUT2D eigenvalue weighted by Crippen LogP contribution is 2.47. The first-order valence-electron chi connectivity index (χ1n) is 9.59. The maximum absolute atomic E-state index is 12.6. The summed E-state index contributed by atoms with van der Waals surface area (Å²) in [6.07, 6.45) is 3.49. The van der Waals surface area contributed by atoms with Crippen LogP contribution in [0.15, 0.2) is 53.1 Å². The van der Waals surface area contributed by atoms with Crippen LogP contribution in [0.3, 0.4) is 0 Å². The first-order chi connectivity index (χ1) is 15.2. The van der Waals surface area contributed by atoms with Crippen LogP contribution >= 0.6 is 34.3 Å². The molecule has 3 aromatic heterocycles. The van der Waals surface area contributed by atoms with Crippen LogP contribution in [0, 0.1) is 0 Å². The van der Waals surface area contributed by atoms with Crippen molar-refractivity contribution in [3.05, 3.63) is 58.0 Å². The number of aliphatic imine (C=N–C) groups is 1. The summed E-state index contributed by atoms with van der Waals surface area (Å²) in [7, 11) is -2.20. The quantitative estimate of drug-likeness (QED) is 0.442. The van der Waals surface area contributed by atoms with E-state index in [-0.39, 0.29) is 11.7 Å². The first-order valence-corrected chi connectivity index (χ1v) is 13.3. The van der Waals surface area contributed by atoms with Gasteiger partial charge < -0.3 is 5.73 Å². The van der Waals surface area contributed by atoms with E-state index in [0.717, 1.165) is 36.2 Å². The predicted octanol–water partition coefficient (Wildman–Crippen LogP) is 4.55. The van der Waals surface area contributed by atoms with E-state index in [1.807, 2.05) is 35.7 Å². The molecule has 0 saturated carbocycles. The number of halogens is 1. The first kappa shape index (κ1) is 21.3. The van der Waals surface area contributed by atoms with Gasteiger partial charge in [-0.3, -0.25) is 4.98 Å². The van der Waals surface area contributed by atoms with E-state index in [9.17, 15) is 8.42 Å². The highest BCUT2D eigenvalue weighted by molar-refractivity contribution is 7.89. The van der Waals surface area contributed by atoms with Crippen molar-refractivity contribution in [2.24, 2.45) is 10.7 Å². The van der Waals surface area contributed by atoms with Crippen molar-refractivity contribution in [1.29, 1.82) is 0 Å². The van der Waals surface area contributed by atoms with Crippen molar-refractivity contribution < 1.29 is 8.42 Å². The number of fused-ring (bicyclic) bond motifs is 1. The summed E-state index contributed by atoms with van der Waals surface area (Å²) >= 11 is 9.76. The number of nitrogens with zero attached hydrogens (tertiary/aromatic N) is 4. The van der Waals surface area contributed by atoms with Gasteiger partial charge in [0.2, 0.25) is 16.0 Å². The lowest BCUT2D eigenvalue weighted by Crippen LogP contribution is -2.50. The van der Waals surface area contributed by atoms with E-state index in [1.54, 1.807) is 30.7 Å². The van der Waals surface area contributed by atoms with Gasteiger partial charge in [0.25, 0.3) is 0 Å². The van der Waals surface area contributed by atoms with E-state index in [2.05, 4.69) is 15.0 Å². The lowest BCUT2D eigenvalue weighted by Gasteiger charge is -2.33. The van der Waals surface area contributed by atoms with Crippen molar-refractivity contribution in [2.45, 2.75) is 12.5 Å². The Labute approximate surface area is 198 Å². The minimum Gasteiger partial charge on any atom is -0.369 e. The molecular weight excluding hydrogens is 486 g/mol. The third-order valence-electron chi connectivity index (χ3n) is 5.44. The number of guanidine groups is 1. The van der Waals surface area contributed by atoms with Crippen LogP contribution in [-0.2, 0) is 15.6 Å². The zero-order chi connectivity index (χ0) is 22.7. The Morgan fingerprint density at radius 1 is 1.12 bits per heavy atom. The number of nitrogens with two attached hydrogens (primary N) is 1. The Hall–Kier alpha value is -2.53. The molecule has 0 aliphatic carbocycles. The summed E-state index contributed by atoms with van der Waals surface area (Å²) in [6, 6.07) is 9.87. The normalized spacial score (nSPS) is 20.5. The molecule has 0 fully saturated rings. The molecule has 0 radical (unpaired) electrons. The zero-order valence-corrected chi connectivity index (χ0v) is 20.3. The molecule has 0 bridgehead atoms. The second-order valence-corrected chi connectivity index (χ2v) is 12.0. The molecule has 0 saturated heterocycles. The van der Waals surface area contributed by atoms with Gasteiger partial charge in [0.15, 0.2) is 0 Å². The van der Waals surface area contributed by atoms with Crippen LogP contribution in [0.2, 0.25) is 5.02 Å². The Bertz CT molecular complexity index is 1460. The summed E-state index contributed by atoms with van der Waals surface area (Å²) in [6.45, 7) is 1.75. The van der Waals surface area contributed by atoms with Crippen LogP contribution in [-0.4, -0.2) is 41.5 Å². The Balaban J connectivity index is 1.64. The van der Waals surface area contributed by atoms with E-state index >= 15 is 0 Å². The summed E-state index contributed by atoms with van der Waals surface area (Å²) in [4.78, 5) is 14.1. The number of thiazole rings is 1. The van der Waals surface area contributed by atoms with Crippen molar-refractivity contribution in [3.63, 3.8) is 0 Å². The molecule has 1 aliphatic rings.